The zero-order chi connectivity index (χ0) is 11.5. The van der Waals surface area contributed by atoms with Crippen LogP contribution in [0, 0.1) is 0 Å². The first-order valence-electron chi connectivity index (χ1n) is 5.15. The van der Waals surface area contributed by atoms with Crippen LogP contribution in [0.3, 0.4) is 0 Å². The van der Waals surface area contributed by atoms with Crippen LogP contribution in [0.4, 0.5) is 11.4 Å². The van der Waals surface area contributed by atoms with Gasteiger partial charge in [0.1, 0.15) is 0 Å². The average Bonchev–Trinajstić information content (AvgIpc) is 2.30. The van der Waals surface area contributed by atoms with Crippen LogP contribution in [-0.2, 0) is 6.54 Å². The Morgan fingerprint density at radius 1 is 0.875 bits per heavy atom. The first kappa shape index (κ1) is 10.5. The second kappa shape index (κ2) is 4.24. The van der Waals surface area contributed by atoms with E-state index in [-0.39, 0.29) is 0 Å². The summed E-state index contributed by atoms with van der Waals surface area (Å²) in [5.41, 5.74) is 21.9. The molecule has 0 aliphatic rings. The lowest BCUT2D eigenvalue weighted by molar-refractivity contribution is 1.07. The minimum Gasteiger partial charge on any atom is -0.399 e. The average molecular weight is 213 g/mol. The molecular formula is C13H15N3. The lowest BCUT2D eigenvalue weighted by Crippen LogP contribution is -2.01. The van der Waals surface area contributed by atoms with Crippen molar-refractivity contribution in [1.82, 2.24) is 0 Å². The van der Waals surface area contributed by atoms with Crippen LogP contribution in [-0.4, -0.2) is 0 Å². The van der Waals surface area contributed by atoms with Gasteiger partial charge in [-0.1, -0.05) is 24.3 Å². The zero-order valence-corrected chi connectivity index (χ0v) is 8.98. The third-order valence-electron chi connectivity index (χ3n) is 2.60. The summed E-state index contributed by atoms with van der Waals surface area (Å²) in [5, 5.41) is 0. The van der Waals surface area contributed by atoms with Gasteiger partial charge in [0.2, 0.25) is 0 Å². The molecule has 0 aromatic heterocycles. The van der Waals surface area contributed by atoms with Crippen LogP contribution in [0.5, 0.6) is 0 Å². The first-order chi connectivity index (χ1) is 7.72. The number of rotatable bonds is 2. The van der Waals surface area contributed by atoms with Crippen LogP contribution in [0.15, 0.2) is 42.5 Å². The third-order valence-corrected chi connectivity index (χ3v) is 2.60. The van der Waals surface area contributed by atoms with E-state index in [1.807, 2.05) is 42.5 Å². The highest BCUT2D eigenvalue weighted by atomic mass is 14.6. The Morgan fingerprint density at radius 3 is 2.31 bits per heavy atom. The van der Waals surface area contributed by atoms with E-state index in [2.05, 4.69) is 0 Å². The van der Waals surface area contributed by atoms with Crippen LogP contribution in [0.2, 0.25) is 0 Å². The number of nitrogen functional groups attached to an aromatic ring is 2. The predicted molar refractivity (Wildman–Crippen MR) is 68.6 cm³/mol. The fourth-order valence-electron chi connectivity index (χ4n) is 1.79. The van der Waals surface area contributed by atoms with Crippen LogP contribution >= 0.6 is 0 Å². The van der Waals surface area contributed by atoms with Crippen molar-refractivity contribution in [2.24, 2.45) is 5.73 Å². The highest BCUT2D eigenvalue weighted by Gasteiger charge is 2.06. The van der Waals surface area contributed by atoms with E-state index in [4.69, 9.17) is 17.2 Å². The van der Waals surface area contributed by atoms with Crippen molar-refractivity contribution in [3.8, 4) is 11.1 Å². The van der Waals surface area contributed by atoms with Gasteiger partial charge in [-0.25, -0.2) is 0 Å². The Bertz CT molecular complexity index is 506. The van der Waals surface area contributed by atoms with Crippen LogP contribution in [0.1, 0.15) is 5.56 Å². The minimum atomic E-state index is 0.453. The number of para-hydroxylation sites is 1. The van der Waals surface area contributed by atoms with E-state index in [0.717, 1.165) is 28.1 Å². The lowest BCUT2D eigenvalue weighted by atomic mass is 9.98. The summed E-state index contributed by atoms with van der Waals surface area (Å²) in [6, 6.07) is 13.5. The maximum absolute atomic E-state index is 5.94. The molecule has 0 amide bonds. The standard InChI is InChI=1S/C13H15N3/c14-8-9-7-10(15)5-6-11(9)12-3-1-2-4-13(12)16/h1-7H,8,14-16H2. The molecule has 0 spiro atoms. The van der Waals surface area contributed by atoms with Crippen LogP contribution < -0.4 is 17.2 Å². The smallest absolute Gasteiger partial charge is 0.0393 e. The molecule has 0 radical (unpaired) electrons. The molecule has 2 aromatic carbocycles. The Hall–Kier alpha value is -2.00. The maximum Gasteiger partial charge on any atom is 0.0393 e. The maximum atomic E-state index is 5.94. The third kappa shape index (κ3) is 1.85. The SMILES string of the molecule is NCc1cc(N)ccc1-c1ccccc1N. The molecule has 0 aliphatic carbocycles. The Morgan fingerprint density at radius 2 is 1.62 bits per heavy atom. The van der Waals surface area contributed by atoms with Gasteiger partial charge in [-0.15, -0.1) is 0 Å². The molecule has 2 rings (SSSR count). The van der Waals surface area contributed by atoms with E-state index >= 15 is 0 Å². The number of benzene rings is 2. The summed E-state index contributed by atoms with van der Waals surface area (Å²) in [7, 11) is 0. The fourth-order valence-corrected chi connectivity index (χ4v) is 1.79. The van der Waals surface area contributed by atoms with E-state index < -0.39 is 0 Å². The molecule has 0 heterocycles. The molecule has 0 fully saturated rings. The highest BCUT2D eigenvalue weighted by molar-refractivity contribution is 5.79. The quantitative estimate of drug-likeness (QED) is 0.667. The molecule has 2 aromatic rings. The molecule has 0 aliphatic heterocycles. The highest BCUT2D eigenvalue weighted by Crippen LogP contribution is 2.29. The molecule has 3 nitrogen and oxygen atoms in total. The van der Waals surface area contributed by atoms with Gasteiger partial charge in [0.05, 0.1) is 0 Å². The van der Waals surface area contributed by atoms with Gasteiger partial charge in [-0.3, -0.25) is 0 Å². The van der Waals surface area contributed by atoms with Crippen molar-refractivity contribution in [3.05, 3.63) is 48.0 Å². The predicted octanol–water partition coefficient (Wildman–Crippen LogP) is 1.98. The summed E-state index contributed by atoms with van der Waals surface area (Å²) in [4.78, 5) is 0. The summed E-state index contributed by atoms with van der Waals surface area (Å²) in [6.45, 7) is 0.453. The lowest BCUT2D eigenvalue weighted by Gasteiger charge is -2.11. The molecule has 6 N–H and O–H groups in total. The van der Waals surface area contributed by atoms with E-state index in [1.165, 1.54) is 0 Å². The van der Waals surface area contributed by atoms with Gasteiger partial charge in [0.15, 0.2) is 0 Å². The minimum absolute atomic E-state index is 0.453. The number of hydrogen-bond acceptors (Lipinski definition) is 3. The van der Waals surface area contributed by atoms with Crippen LogP contribution in [0.25, 0.3) is 11.1 Å². The number of nitrogens with two attached hydrogens (primary N) is 3. The molecule has 3 heteroatoms. The molecular weight excluding hydrogens is 198 g/mol. The topological polar surface area (TPSA) is 78.1 Å². The zero-order valence-electron chi connectivity index (χ0n) is 8.98. The summed E-state index contributed by atoms with van der Waals surface area (Å²) >= 11 is 0. The van der Waals surface area contributed by atoms with Crippen molar-refractivity contribution in [1.29, 1.82) is 0 Å². The van der Waals surface area contributed by atoms with Gasteiger partial charge >= 0.3 is 0 Å². The van der Waals surface area contributed by atoms with Crippen molar-refractivity contribution in [2.75, 3.05) is 11.5 Å². The Balaban J connectivity index is 2.60. The largest absolute Gasteiger partial charge is 0.399 e. The van der Waals surface area contributed by atoms with Gasteiger partial charge in [0, 0.05) is 23.5 Å². The molecule has 0 unspecified atom stereocenters. The van der Waals surface area contributed by atoms with E-state index in [0.29, 0.717) is 6.54 Å². The summed E-state index contributed by atoms with van der Waals surface area (Å²) < 4.78 is 0. The monoisotopic (exact) mass is 213 g/mol. The Labute approximate surface area is 94.9 Å². The number of hydrogen-bond donors (Lipinski definition) is 3. The summed E-state index contributed by atoms with van der Waals surface area (Å²) in [5.74, 6) is 0. The summed E-state index contributed by atoms with van der Waals surface area (Å²) in [6.07, 6.45) is 0. The Kier molecular flexibility index (Phi) is 2.79. The molecule has 0 atom stereocenters. The second-order valence-electron chi connectivity index (χ2n) is 3.71. The molecule has 0 bridgehead atoms. The first-order valence-corrected chi connectivity index (χ1v) is 5.15. The van der Waals surface area contributed by atoms with Gasteiger partial charge < -0.3 is 17.2 Å². The van der Waals surface area contributed by atoms with Crippen molar-refractivity contribution in [2.45, 2.75) is 6.54 Å². The van der Waals surface area contributed by atoms with Gasteiger partial charge in [-0.2, -0.15) is 0 Å². The molecule has 82 valence electrons. The molecule has 0 saturated carbocycles. The van der Waals surface area contributed by atoms with Crippen molar-refractivity contribution >= 4 is 11.4 Å². The second-order valence-corrected chi connectivity index (χ2v) is 3.71. The van der Waals surface area contributed by atoms with Crippen molar-refractivity contribution < 1.29 is 0 Å². The van der Waals surface area contributed by atoms with Gasteiger partial charge in [-0.05, 0) is 29.3 Å². The van der Waals surface area contributed by atoms with E-state index in [9.17, 15) is 0 Å². The normalized spacial score (nSPS) is 10.3. The van der Waals surface area contributed by atoms with Gasteiger partial charge in [0.25, 0.3) is 0 Å². The van der Waals surface area contributed by atoms with Crippen molar-refractivity contribution in [3.63, 3.8) is 0 Å². The fraction of sp³-hybridized carbons (Fsp3) is 0.0769. The molecule has 16 heavy (non-hydrogen) atoms. The van der Waals surface area contributed by atoms with E-state index in [1.54, 1.807) is 0 Å². The number of anilines is 2. The molecule has 0 saturated heterocycles.